The van der Waals surface area contributed by atoms with Crippen molar-refractivity contribution >= 4 is 15.8 Å². The maximum atomic E-state index is 12.3. The molecule has 1 aliphatic carbocycles. The van der Waals surface area contributed by atoms with Gasteiger partial charge in [0.1, 0.15) is 10.7 Å². The lowest BCUT2D eigenvalue weighted by molar-refractivity contribution is 0.257. The Kier molecular flexibility index (Phi) is 4.65. The van der Waals surface area contributed by atoms with E-state index in [-0.39, 0.29) is 10.9 Å². The first-order chi connectivity index (χ1) is 9.40. The van der Waals surface area contributed by atoms with E-state index >= 15 is 0 Å². The lowest BCUT2D eigenvalue weighted by Gasteiger charge is -2.31. The first-order valence-electron chi connectivity index (χ1n) is 7.07. The van der Waals surface area contributed by atoms with Gasteiger partial charge in [0.2, 0.25) is 10.0 Å². The van der Waals surface area contributed by atoms with Crippen molar-refractivity contribution in [1.82, 2.24) is 9.71 Å². The molecule has 1 saturated carbocycles. The monoisotopic (exact) mass is 297 g/mol. The molecule has 1 aliphatic rings. The smallest absolute Gasteiger partial charge is 0.242 e. The molecular weight excluding hydrogens is 274 g/mol. The minimum Gasteiger partial charge on any atom is -0.373 e. The Labute approximate surface area is 121 Å². The van der Waals surface area contributed by atoms with Gasteiger partial charge in [0.05, 0.1) is 0 Å². The largest absolute Gasteiger partial charge is 0.373 e. The van der Waals surface area contributed by atoms with Crippen LogP contribution in [0.4, 0.5) is 5.82 Å². The summed E-state index contributed by atoms with van der Waals surface area (Å²) in [5.74, 6) is 1.79. The molecule has 2 rings (SSSR count). The summed E-state index contributed by atoms with van der Waals surface area (Å²) >= 11 is 0. The Balaban J connectivity index is 2.09. The summed E-state index contributed by atoms with van der Waals surface area (Å²) in [4.78, 5) is 4.28. The highest BCUT2D eigenvalue weighted by atomic mass is 32.2. The van der Waals surface area contributed by atoms with Crippen LogP contribution in [0, 0.1) is 11.8 Å². The van der Waals surface area contributed by atoms with Gasteiger partial charge >= 0.3 is 0 Å². The van der Waals surface area contributed by atoms with Gasteiger partial charge in [-0.3, -0.25) is 0 Å². The fraction of sp³-hybridized carbons (Fsp3) is 0.643. The molecule has 0 amide bonds. The molecule has 2 unspecified atom stereocenters. The molecule has 20 heavy (non-hydrogen) atoms. The van der Waals surface area contributed by atoms with Gasteiger partial charge in [-0.25, -0.2) is 18.1 Å². The maximum Gasteiger partial charge on any atom is 0.242 e. The van der Waals surface area contributed by atoms with Crippen LogP contribution in [0.1, 0.15) is 33.1 Å². The summed E-state index contributed by atoms with van der Waals surface area (Å²) in [6.07, 6.45) is 4.39. The summed E-state index contributed by atoms with van der Waals surface area (Å²) in [5, 5.41) is 2.87. The molecular formula is C14H23N3O2S. The molecule has 0 saturated heterocycles. The second kappa shape index (κ2) is 6.10. The molecule has 1 fully saturated rings. The third-order valence-electron chi connectivity index (χ3n) is 3.80. The zero-order valence-corrected chi connectivity index (χ0v) is 13.1. The Hall–Kier alpha value is -1.14. The Morgan fingerprint density at radius 2 is 1.80 bits per heavy atom. The number of nitrogens with one attached hydrogen (secondary N) is 2. The number of aromatic nitrogens is 1. The minimum atomic E-state index is -3.47. The third-order valence-corrected chi connectivity index (χ3v) is 5.31. The van der Waals surface area contributed by atoms with Crippen LogP contribution >= 0.6 is 0 Å². The van der Waals surface area contributed by atoms with E-state index in [1.807, 2.05) is 0 Å². The molecule has 0 aromatic carbocycles. The zero-order chi connectivity index (χ0) is 14.8. The van der Waals surface area contributed by atoms with E-state index in [9.17, 15) is 8.42 Å². The zero-order valence-electron chi connectivity index (χ0n) is 12.3. The van der Waals surface area contributed by atoms with E-state index in [1.165, 1.54) is 12.6 Å². The van der Waals surface area contributed by atoms with Crippen LogP contribution in [0.5, 0.6) is 0 Å². The molecule has 1 aromatic rings. The normalized spacial score (nSPS) is 27.2. The number of nitrogens with zero attached hydrogens (tertiary/aromatic N) is 1. The number of hydrogen-bond acceptors (Lipinski definition) is 4. The van der Waals surface area contributed by atoms with Gasteiger partial charge in [-0.15, -0.1) is 0 Å². The summed E-state index contributed by atoms with van der Waals surface area (Å²) in [6, 6.07) is 3.28. The highest BCUT2D eigenvalue weighted by molar-refractivity contribution is 7.89. The second-order valence-electron chi connectivity index (χ2n) is 5.86. The molecule has 5 nitrogen and oxygen atoms in total. The van der Waals surface area contributed by atoms with Crippen LogP contribution in [-0.2, 0) is 10.0 Å². The van der Waals surface area contributed by atoms with E-state index in [4.69, 9.17) is 0 Å². The third kappa shape index (κ3) is 3.70. The Morgan fingerprint density at radius 1 is 1.15 bits per heavy atom. The quantitative estimate of drug-likeness (QED) is 0.894. The number of sulfonamides is 1. The number of pyridine rings is 1. The average Bonchev–Trinajstić information content (AvgIpc) is 2.37. The van der Waals surface area contributed by atoms with Crippen LogP contribution in [-0.4, -0.2) is 26.5 Å². The topological polar surface area (TPSA) is 71.1 Å². The maximum absolute atomic E-state index is 12.3. The van der Waals surface area contributed by atoms with Crippen molar-refractivity contribution in [3.05, 3.63) is 18.3 Å². The number of anilines is 1. The highest BCUT2D eigenvalue weighted by Gasteiger charge is 2.28. The predicted molar refractivity (Wildman–Crippen MR) is 80.1 cm³/mol. The van der Waals surface area contributed by atoms with E-state index in [1.54, 1.807) is 19.2 Å². The molecule has 2 N–H and O–H groups in total. The van der Waals surface area contributed by atoms with Crippen LogP contribution in [0.3, 0.4) is 0 Å². The van der Waals surface area contributed by atoms with Gasteiger partial charge < -0.3 is 5.32 Å². The predicted octanol–water partition coefficient (Wildman–Crippen LogP) is 2.23. The first kappa shape index (κ1) is 15.3. The highest BCUT2D eigenvalue weighted by Crippen LogP contribution is 2.29. The van der Waals surface area contributed by atoms with Crippen molar-refractivity contribution in [1.29, 1.82) is 0 Å². The molecule has 0 bridgehead atoms. The lowest BCUT2D eigenvalue weighted by atomic mass is 9.81. The summed E-state index contributed by atoms with van der Waals surface area (Å²) < 4.78 is 27.5. The molecule has 1 aromatic heterocycles. The van der Waals surface area contributed by atoms with Gasteiger partial charge in [-0.2, -0.15) is 0 Å². The van der Waals surface area contributed by atoms with Gasteiger partial charge in [-0.1, -0.05) is 13.8 Å². The standard InChI is InChI=1S/C14H23N3O2S/c1-10-6-11(2)8-12(7-10)17-20(18,19)13-4-5-14(15-3)16-9-13/h4-5,9-12,17H,6-8H2,1-3H3,(H,15,16). The second-order valence-corrected chi connectivity index (χ2v) is 7.58. The summed E-state index contributed by atoms with van der Waals surface area (Å²) in [5.41, 5.74) is 0. The van der Waals surface area contributed by atoms with Crippen molar-refractivity contribution < 1.29 is 8.42 Å². The van der Waals surface area contributed by atoms with Gasteiger partial charge in [0, 0.05) is 19.3 Å². The number of hydrogen-bond donors (Lipinski definition) is 2. The van der Waals surface area contributed by atoms with Crippen molar-refractivity contribution in [2.45, 2.75) is 44.0 Å². The van der Waals surface area contributed by atoms with Crippen LogP contribution < -0.4 is 10.0 Å². The van der Waals surface area contributed by atoms with E-state index in [2.05, 4.69) is 28.9 Å². The molecule has 1 heterocycles. The molecule has 0 radical (unpaired) electrons. The van der Waals surface area contributed by atoms with Crippen LogP contribution in [0.15, 0.2) is 23.2 Å². The van der Waals surface area contributed by atoms with Crippen molar-refractivity contribution in [3.63, 3.8) is 0 Å². The lowest BCUT2D eigenvalue weighted by Crippen LogP contribution is -2.40. The minimum absolute atomic E-state index is 0.0303. The van der Waals surface area contributed by atoms with E-state index in [0.29, 0.717) is 17.7 Å². The molecule has 0 spiro atoms. The van der Waals surface area contributed by atoms with Crippen LogP contribution in [0.2, 0.25) is 0 Å². The first-order valence-corrected chi connectivity index (χ1v) is 8.55. The molecule has 2 atom stereocenters. The van der Waals surface area contributed by atoms with E-state index < -0.39 is 10.0 Å². The van der Waals surface area contributed by atoms with Gasteiger partial charge in [0.15, 0.2) is 0 Å². The fourth-order valence-corrected chi connectivity index (χ4v) is 4.22. The molecule has 6 heteroatoms. The van der Waals surface area contributed by atoms with Gasteiger partial charge in [0.25, 0.3) is 0 Å². The summed E-state index contributed by atoms with van der Waals surface area (Å²) in [7, 11) is -1.72. The van der Waals surface area contributed by atoms with Gasteiger partial charge in [-0.05, 0) is 43.2 Å². The SMILES string of the molecule is CNc1ccc(S(=O)(=O)NC2CC(C)CC(C)C2)cn1. The van der Waals surface area contributed by atoms with Crippen molar-refractivity contribution in [2.75, 3.05) is 12.4 Å². The Morgan fingerprint density at radius 3 is 2.30 bits per heavy atom. The van der Waals surface area contributed by atoms with Crippen molar-refractivity contribution in [3.8, 4) is 0 Å². The number of rotatable bonds is 4. The van der Waals surface area contributed by atoms with E-state index in [0.717, 1.165) is 12.8 Å². The summed E-state index contributed by atoms with van der Waals surface area (Å²) in [6.45, 7) is 4.36. The molecule has 0 aliphatic heterocycles. The Bertz CT molecular complexity index is 532. The van der Waals surface area contributed by atoms with Crippen molar-refractivity contribution in [2.24, 2.45) is 11.8 Å². The molecule has 112 valence electrons. The average molecular weight is 297 g/mol. The van der Waals surface area contributed by atoms with Crippen LogP contribution in [0.25, 0.3) is 0 Å². The fourth-order valence-electron chi connectivity index (χ4n) is 3.02.